The zero-order valence-electron chi connectivity index (χ0n) is 16.5. The number of hydrogen-bond acceptors (Lipinski definition) is 3. The van der Waals surface area contributed by atoms with Gasteiger partial charge in [0.25, 0.3) is 5.91 Å². The van der Waals surface area contributed by atoms with Gasteiger partial charge in [0, 0.05) is 12.2 Å². The van der Waals surface area contributed by atoms with Crippen LogP contribution >= 0.6 is 11.3 Å². The lowest BCUT2D eigenvalue weighted by Gasteiger charge is -2.26. The van der Waals surface area contributed by atoms with E-state index in [1.54, 1.807) is 4.90 Å². The molecule has 1 atom stereocenters. The first-order chi connectivity index (χ1) is 12.9. The van der Waals surface area contributed by atoms with Crippen molar-refractivity contribution in [3.8, 4) is 0 Å². The van der Waals surface area contributed by atoms with Crippen LogP contribution in [0.25, 0.3) is 0 Å². The lowest BCUT2D eigenvalue weighted by molar-refractivity contribution is -0.119. The summed E-state index contributed by atoms with van der Waals surface area (Å²) in [5.74, 6) is 0.508. The van der Waals surface area contributed by atoms with Crippen LogP contribution in [0.2, 0.25) is 0 Å². The molecule has 1 N–H and O–H groups in total. The summed E-state index contributed by atoms with van der Waals surface area (Å²) in [6.45, 7) is 9.18. The van der Waals surface area contributed by atoms with Gasteiger partial charge in [0.05, 0.1) is 4.88 Å². The van der Waals surface area contributed by atoms with Crippen LogP contribution in [0.1, 0.15) is 73.2 Å². The zero-order valence-corrected chi connectivity index (χ0v) is 17.3. The Morgan fingerprint density at radius 1 is 1.07 bits per heavy atom. The monoisotopic (exact) mass is 384 g/mol. The third kappa shape index (κ3) is 4.08. The molecule has 0 saturated carbocycles. The van der Waals surface area contributed by atoms with Gasteiger partial charge in [0.1, 0.15) is 6.04 Å². The maximum Gasteiger partial charge on any atom is 0.264 e. The van der Waals surface area contributed by atoms with Crippen molar-refractivity contribution >= 4 is 28.8 Å². The average molecular weight is 385 g/mol. The fraction of sp³-hybridized carbons (Fsp3) is 0.455. The number of amides is 2. The minimum atomic E-state index is -0.403. The molecule has 5 heteroatoms. The van der Waals surface area contributed by atoms with Gasteiger partial charge in [0.2, 0.25) is 5.91 Å². The second-order valence-corrected chi connectivity index (χ2v) is 8.69. The second kappa shape index (κ2) is 8.26. The van der Waals surface area contributed by atoms with Crippen molar-refractivity contribution in [1.82, 2.24) is 4.90 Å². The van der Waals surface area contributed by atoms with E-state index in [1.807, 2.05) is 17.5 Å². The normalized spacial score (nSPS) is 17.0. The van der Waals surface area contributed by atoms with Crippen molar-refractivity contribution in [3.05, 3.63) is 51.7 Å². The van der Waals surface area contributed by atoms with Crippen LogP contribution in [0.15, 0.2) is 35.7 Å². The van der Waals surface area contributed by atoms with Crippen molar-refractivity contribution in [2.24, 2.45) is 0 Å². The van der Waals surface area contributed by atoms with Crippen molar-refractivity contribution in [2.75, 3.05) is 11.9 Å². The van der Waals surface area contributed by atoms with Gasteiger partial charge in [-0.3, -0.25) is 9.59 Å². The van der Waals surface area contributed by atoms with Crippen LogP contribution < -0.4 is 5.32 Å². The minimum Gasteiger partial charge on any atom is -0.326 e. The smallest absolute Gasteiger partial charge is 0.264 e. The molecule has 2 amide bonds. The van der Waals surface area contributed by atoms with E-state index < -0.39 is 6.04 Å². The molecule has 0 radical (unpaired) electrons. The van der Waals surface area contributed by atoms with Gasteiger partial charge < -0.3 is 10.2 Å². The van der Waals surface area contributed by atoms with Gasteiger partial charge in [-0.05, 0) is 47.3 Å². The predicted octanol–water partition coefficient (Wildman–Crippen LogP) is 5.24. The zero-order chi connectivity index (χ0) is 19.6. The van der Waals surface area contributed by atoms with Crippen molar-refractivity contribution in [2.45, 2.75) is 58.4 Å². The molecule has 144 valence electrons. The standard InChI is InChI=1S/C22H28N2O2S/c1-14(2)16-8-5-9-17(15(3)4)20(16)23-21(25)18-10-6-12-24(18)22(26)19-11-7-13-27-19/h5,7-9,11,13-15,18H,6,10,12H2,1-4H3,(H,23,25)/t18-/m1/s1. The third-order valence-electron chi connectivity index (χ3n) is 5.17. The molecule has 0 aliphatic carbocycles. The van der Waals surface area contributed by atoms with E-state index in [-0.39, 0.29) is 11.8 Å². The molecule has 1 fully saturated rings. The quantitative estimate of drug-likeness (QED) is 0.766. The average Bonchev–Trinajstić information content (AvgIpc) is 3.32. The highest BCUT2D eigenvalue weighted by molar-refractivity contribution is 7.12. The Labute approximate surface area is 165 Å². The fourth-order valence-electron chi connectivity index (χ4n) is 3.73. The number of anilines is 1. The number of carbonyl (C=O) groups excluding carboxylic acids is 2. The molecule has 2 aromatic rings. The van der Waals surface area contributed by atoms with E-state index in [1.165, 1.54) is 11.3 Å². The maximum atomic E-state index is 13.1. The van der Waals surface area contributed by atoms with E-state index >= 15 is 0 Å². The molecule has 0 bridgehead atoms. The van der Waals surface area contributed by atoms with E-state index in [2.05, 4.69) is 51.2 Å². The number of rotatable bonds is 5. The van der Waals surface area contributed by atoms with Crippen LogP contribution in [-0.4, -0.2) is 29.3 Å². The molecular weight excluding hydrogens is 356 g/mol. The summed E-state index contributed by atoms with van der Waals surface area (Å²) in [4.78, 5) is 28.4. The SMILES string of the molecule is CC(C)c1cccc(C(C)C)c1NC(=O)[C@H]1CCCN1C(=O)c1cccs1. The molecular formula is C22H28N2O2S. The van der Waals surface area contributed by atoms with Crippen molar-refractivity contribution in [3.63, 3.8) is 0 Å². The topological polar surface area (TPSA) is 49.4 Å². The van der Waals surface area contributed by atoms with Crippen LogP contribution in [0, 0.1) is 0 Å². The number of hydrogen-bond donors (Lipinski definition) is 1. The fourth-order valence-corrected chi connectivity index (χ4v) is 4.40. The lowest BCUT2D eigenvalue weighted by Crippen LogP contribution is -2.43. The predicted molar refractivity (Wildman–Crippen MR) is 112 cm³/mol. The van der Waals surface area contributed by atoms with Crippen LogP contribution in [-0.2, 0) is 4.79 Å². The first kappa shape index (κ1) is 19.6. The Balaban J connectivity index is 1.86. The Morgan fingerprint density at radius 2 is 1.74 bits per heavy atom. The molecule has 3 rings (SSSR count). The first-order valence-electron chi connectivity index (χ1n) is 9.68. The number of nitrogens with zero attached hydrogens (tertiary/aromatic N) is 1. The van der Waals surface area contributed by atoms with E-state index in [9.17, 15) is 9.59 Å². The Bertz CT molecular complexity index is 785. The molecule has 1 aliphatic heterocycles. The highest BCUT2D eigenvalue weighted by atomic mass is 32.1. The maximum absolute atomic E-state index is 13.1. The molecule has 1 aromatic heterocycles. The van der Waals surface area contributed by atoms with Crippen molar-refractivity contribution in [1.29, 1.82) is 0 Å². The van der Waals surface area contributed by atoms with E-state index in [4.69, 9.17) is 0 Å². The van der Waals surface area contributed by atoms with Gasteiger partial charge in [0.15, 0.2) is 0 Å². The minimum absolute atomic E-state index is 0.0381. The van der Waals surface area contributed by atoms with E-state index in [0.29, 0.717) is 29.7 Å². The summed E-state index contributed by atoms with van der Waals surface area (Å²) in [5.41, 5.74) is 3.20. The van der Waals surface area contributed by atoms with Gasteiger partial charge >= 0.3 is 0 Å². The molecule has 4 nitrogen and oxygen atoms in total. The lowest BCUT2D eigenvalue weighted by atomic mass is 9.92. The summed E-state index contributed by atoms with van der Waals surface area (Å²) in [6.07, 6.45) is 1.57. The van der Waals surface area contributed by atoms with Gasteiger partial charge in [-0.15, -0.1) is 11.3 Å². The van der Waals surface area contributed by atoms with Crippen LogP contribution in [0.5, 0.6) is 0 Å². The third-order valence-corrected chi connectivity index (χ3v) is 6.03. The van der Waals surface area contributed by atoms with Gasteiger partial charge in [-0.2, -0.15) is 0 Å². The number of carbonyl (C=O) groups is 2. The largest absolute Gasteiger partial charge is 0.326 e. The second-order valence-electron chi connectivity index (χ2n) is 7.74. The number of thiophene rings is 1. The van der Waals surface area contributed by atoms with Crippen LogP contribution in [0.4, 0.5) is 5.69 Å². The Morgan fingerprint density at radius 3 is 2.30 bits per heavy atom. The molecule has 27 heavy (non-hydrogen) atoms. The highest BCUT2D eigenvalue weighted by Crippen LogP contribution is 2.33. The van der Waals surface area contributed by atoms with E-state index in [0.717, 1.165) is 23.2 Å². The number of likely N-dealkylation sites (tertiary alicyclic amines) is 1. The molecule has 1 aromatic carbocycles. The molecule has 2 heterocycles. The summed E-state index contributed by atoms with van der Waals surface area (Å²) < 4.78 is 0. The number of nitrogens with one attached hydrogen (secondary N) is 1. The number of para-hydroxylation sites is 1. The van der Waals surface area contributed by atoms with Crippen molar-refractivity contribution < 1.29 is 9.59 Å². The molecule has 1 saturated heterocycles. The first-order valence-corrected chi connectivity index (χ1v) is 10.6. The summed E-state index contributed by atoms with van der Waals surface area (Å²) in [5, 5.41) is 5.08. The van der Waals surface area contributed by atoms with Gasteiger partial charge in [-0.1, -0.05) is 52.0 Å². The summed E-state index contributed by atoms with van der Waals surface area (Å²) in [6, 6.07) is 9.51. The molecule has 1 aliphatic rings. The molecule has 0 spiro atoms. The molecule has 0 unspecified atom stereocenters. The number of benzene rings is 1. The highest BCUT2D eigenvalue weighted by Gasteiger charge is 2.35. The Kier molecular flexibility index (Phi) is 6.00. The summed E-state index contributed by atoms with van der Waals surface area (Å²) >= 11 is 1.43. The Hall–Kier alpha value is -2.14. The summed E-state index contributed by atoms with van der Waals surface area (Å²) in [7, 11) is 0. The van der Waals surface area contributed by atoms with Crippen LogP contribution in [0.3, 0.4) is 0 Å². The van der Waals surface area contributed by atoms with Gasteiger partial charge in [-0.25, -0.2) is 0 Å².